The molecule has 0 saturated carbocycles. The molecule has 7 heteroatoms. The maximum absolute atomic E-state index is 12.3. The molecule has 6 nitrogen and oxygen atoms in total. The smallest absolute Gasteiger partial charge is 0.408 e. The Morgan fingerprint density at radius 3 is 2.89 bits per heavy atom. The number of aromatic nitrogens is 2. The van der Waals surface area contributed by atoms with E-state index >= 15 is 0 Å². The van der Waals surface area contributed by atoms with E-state index in [-0.39, 0.29) is 11.7 Å². The highest BCUT2D eigenvalue weighted by Crippen LogP contribution is 2.25. The Hall–Kier alpha value is -3.19. The number of nitrogens with one attached hydrogen (secondary N) is 1. The summed E-state index contributed by atoms with van der Waals surface area (Å²) in [5.41, 5.74) is 4.52. The van der Waals surface area contributed by atoms with E-state index in [4.69, 9.17) is 4.42 Å². The minimum absolute atomic E-state index is 0.114. The first-order chi connectivity index (χ1) is 13.0. The van der Waals surface area contributed by atoms with Gasteiger partial charge in [-0.25, -0.2) is 9.78 Å². The van der Waals surface area contributed by atoms with Crippen LogP contribution in [0.4, 0.5) is 0 Å². The summed E-state index contributed by atoms with van der Waals surface area (Å²) in [5, 5.41) is 5.64. The maximum atomic E-state index is 12.3. The molecule has 0 fully saturated rings. The van der Waals surface area contributed by atoms with Crippen LogP contribution in [0.2, 0.25) is 0 Å². The van der Waals surface area contributed by atoms with Crippen LogP contribution < -0.4 is 11.1 Å². The number of thiazole rings is 1. The molecule has 2 aromatic heterocycles. The molecule has 0 unspecified atom stereocenters. The lowest BCUT2D eigenvalue weighted by Gasteiger charge is -2.05. The summed E-state index contributed by atoms with van der Waals surface area (Å²) in [7, 11) is 1.67. The minimum Gasteiger partial charge on any atom is -0.408 e. The zero-order chi connectivity index (χ0) is 19.0. The van der Waals surface area contributed by atoms with Gasteiger partial charge in [-0.3, -0.25) is 9.36 Å². The van der Waals surface area contributed by atoms with Crippen molar-refractivity contribution in [3.63, 3.8) is 0 Å². The Kier molecular flexibility index (Phi) is 4.37. The molecule has 4 rings (SSSR count). The van der Waals surface area contributed by atoms with Gasteiger partial charge in [-0.15, -0.1) is 11.3 Å². The van der Waals surface area contributed by atoms with E-state index in [9.17, 15) is 9.59 Å². The van der Waals surface area contributed by atoms with Crippen LogP contribution in [-0.2, 0) is 13.6 Å². The highest BCUT2D eigenvalue weighted by Gasteiger charge is 2.12. The van der Waals surface area contributed by atoms with Gasteiger partial charge in [-0.2, -0.15) is 0 Å². The van der Waals surface area contributed by atoms with Gasteiger partial charge in [-0.1, -0.05) is 24.3 Å². The van der Waals surface area contributed by atoms with Crippen molar-refractivity contribution in [1.82, 2.24) is 14.9 Å². The van der Waals surface area contributed by atoms with Crippen molar-refractivity contribution in [2.24, 2.45) is 7.05 Å². The van der Waals surface area contributed by atoms with Crippen LogP contribution >= 0.6 is 11.3 Å². The maximum Gasteiger partial charge on any atom is 0.419 e. The Bertz CT molecular complexity index is 1200. The van der Waals surface area contributed by atoms with Crippen LogP contribution in [0.5, 0.6) is 0 Å². The molecule has 136 valence electrons. The average Bonchev–Trinajstić information content (AvgIpc) is 3.25. The Balaban J connectivity index is 1.51. The quantitative estimate of drug-likeness (QED) is 0.589. The molecule has 27 heavy (non-hydrogen) atoms. The van der Waals surface area contributed by atoms with Crippen LogP contribution in [0, 0.1) is 6.92 Å². The molecule has 0 aliphatic rings. The third kappa shape index (κ3) is 3.29. The van der Waals surface area contributed by atoms with Gasteiger partial charge >= 0.3 is 5.76 Å². The molecule has 0 radical (unpaired) electrons. The van der Waals surface area contributed by atoms with Gasteiger partial charge in [0.25, 0.3) is 5.91 Å². The number of carbonyl (C=O) groups is 1. The van der Waals surface area contributed by atoms with Crippen molar-refractivity contribution in [3.8, 4) is 11.3 Å². The number of carbonyl (C=O) groups excluding carboxylic acids is 1. The first kappa shape index (κ1) is 17.2. The fourth-order valence-corrected chi connectivity index (χ4v) is 3.64. The van der Waals surface area contributed by atoms with E-state index in [1.165, 1.54) is 15.9 Å². The fourth-order valence-electron chi connectivity index (χ4n) is 2.90. The minimum atomic E-state index is -0.389. The molecule has 1 N–H and O–H groups in total. The van der Waals surface area contributed by atoms with Gasteiger partial charge < -0.3 is 9.73 Å². The topological polar surface area (TPSA) is 77.1 Å². The summed E-state index contributed by atoms with van der Waals surface area (Å²) in [6.45, 7) is 2.27. The van der Waals surface area contributed by atoms with E-state index in [1.54, 1.807) is 13.1 Å². The lowest BCUT2D eigenvalue weighted by molar-refractivity contribution is 0.0950. The zero-order valence-corrected chi connectivity index (χ0v) is 15.7. The van der Waals surface area contributed by atoms with E-state index in [1.807, 2.05) is 48.7 Å². The van der Waals surface area contributed by atoms with Gasteiger partial charge in [0, 0.05) is 23.6 Å². The van der Waals surface area contributed by atoms with Gasteiger partial charge in [0.2, 0.25) is 0 Å². The van der Waals surface area contributed by atoms with E-state index in [2.05, 4.69) is 10.3 Å². The number of nitrogens with zero attached hydrogens (tertiary/aromatic N) is 2. The molecule has 4 aromatic rings. The largest absolute Gasteiger partial charge is 0.419 e. The summed E-state index contributed by atoms with van der Waals surface area (Å²) < 4.78 is 6.70. The summed E-state index contributed by atoms with van der Waals surface area (Å²) in [6, 6.07) is 13.0. The second kappa shape index (κ2) is 6.85. The van der Waals surface area contributed by atoms with Crippen molar-refractivity contribution < 1.29 is 9.21 Å². The van der Waals surface area contributed by atoms with Crippen LogP contribution in [0.15, 0.2) is 57.1 Å². The van der Waals surface area contributed by atoms with Gasteiger partial charge in [0.05, 0.1) is 17.8 Å². The molecule has 0 atom stereocenters. The number of hydrogen-bond donors (Lipinski definition) is 1. The van der Waals surface area contributed by atoms with Gasteiger partial charge in [0.1, 0.15) is 5.01 Å². The van der Waals surface area contributed by atoms with Crippen LogP contribution in [-0.4, -0.2) is 15.5 Å². The van der Waals surface area contributed by atoms with Crippen LogP contribution in [0.1, 0.15) is 20.9 Å². The van der Waals surface area contributed by atoms with E-state index < -0.39 is 0 Å². The lowest BCUT2D eigenvalue weighted by Crippen LogP contribution is -2.23. The summed E-state index contributed by atoms with van der Waals surface area (Å²) in [6.07, 6.45) is 0. The molecule has 2 aromatic carbocycles. The standard InChI is InChI=1S/C20H17N3O3S/c1-12-5-3-4-6-14(12)19(24)21-10-18-22-15(11-27-18)13-7-8-16-17(9-13)26-20(25)23(16)2/h3-9,11H,10H2,1-2H3,(H,21,24). The molecule has 0 aliphatic carbocycles. The second-order valence-electron chi connectivity index (χ2n) is 6.23. The first-order valence-corrected chi connectivity index (χ1v) is 9.29. The second-order valence-corrected chi connectivity index (χ2v) is 7.18. The SMILES string of the molecule is Cc1ccccc1C(=O)NCc1nc(-c2ccc3c(c2)oc(=O)n3C)cs1. The molecular weight excluding hydrogens is 362 g/mol. The summed E-state index contributed by atoms with van der Waals surface area (Å²) in [5.74, 6) is -0.502. The Morgan fingerprint density at radius 2 is 2.07 bits per heavy atom. The first-order valence-electron chi connectivity index (χ1n) is 8.41. The summed E-state index contributed by atoms with van der Waals surface area (Å²) in [4.78, 5) is 28.5. The molecule has 0 spiro atoms. The molecule has 0 aliphatic heterocycles. The van der Waals surface area contributed by atoms with E-state index in [0.29, 0.717) is 17.7 Å². The highest BCUT2D eigenvalue weighted by atomic mass is 32.1. The van der Waals surface area contributed by atoms with Crippen molar-refractivity contribution in [1.29, 1.82) is 0 Å². The van der Waals surface area contributed by atoms with Gasteiger partial charge in [0.15, 0.2) is 5.58 Å². The summed E-state index contributed by atoms with van der Waals surface area (Å²) >= 11 is 1.48. The number of hydrogen-bond acceptors (Lipinski definition) is 5. The fraction of sp³-hybridized carbons (Fsp3) is 0.150. The van der Waals surface area contributed by atoms with Crippen molar-refractivity contribution in [2.75, 3.05) is 0 Å². The third-order valence-corrected chi connectivity index (χ3v) is 5.28. The average molecular weight is 379 g/mol. The predicted octanol–water partition coefficient (Wildman–Crippen LogP) is 3.49. The Labute approximate surface area is 159 Å². The number of aryl methyl sites for hydroxylation is 2. The lowest BCUT2D eigenvalue weighted by atomic mass is 10.1. The molecule has 1 amide bonds. The van der Waals surface area contributed by atoms with Crippen LogP contribution in [0.3, 0.4) is 0 Å². The molecular formula is C20H17N3O3S. The van der Waals surface area contributed by atoms with Gasteiger partial charge in [-0.05, 0) is 30.7 Å². The number of oxazole rings is 1. The number of amides is 1. The predicted molar refractivity (Wildman–Crippen MR) is 105 cm³/mol. The highest BCUT2D eigenvalue weighted by molar-refractivity contribution is 7.09. The van der Waals surface area contributed by atoms with Crippen LogP contribution in [0.25, 0.3) is 22.4 Å². The monoisotopic (exact) mass is 379 g/mol. The number of fused-ring (bicyclic) bond motifs is 1. The zero-order valence-electron chi connectivity index (χ0n) is 14.9. The molecule has 2 heterocycles. The third-order valence-electron chi connectivity index (χ3n) is 4.43. The number of benzene rings is 2. The van der Waals surface area contributed by atoms with E-state index in [0.717, 1.165) is 27.3 Å². The van der Waals surface area contributed by atoms with Crippen molar-refractivity contribution in [3.05, 3.63) is 74.5 Å². The van der Waals surface area contributed by atoms with Crippen molar-refractivity contribution >= 4 is 28.3 Å². The molecule has 0 bridgehead atoms. The Morgan fingerprint density at radius 1 is 1.26 bits per heavy atom. The normalized spacial score (nSPS) is 11.0. The number of rotatable bonds is 4. The molecule has 0 saturated heterocycles. The van der Waals surface area contributed by atoms with Crippen molar-refractivity contribution in [2.45, 2.75) is 13.5 Å².